The number of hydrogen-bond donors (Lipinski definition) is 1. The second-order valence-electron chi connectivity index (χ2n) is 5.09. The van der Waals surface area contributed by atoms with Crippen molar-refractivity contribution in [3.8, 4) is 5.75 Å². The predicted octanol–water partition coefficient (Wildman–Crippen LogP) is 2.62. The van der Waals surface area contributed by atoms with E-state index in [1.807, 2.05) is 6.07 Å². The van der Waals surface area contributed by atoms with Gasteiger partial charge < -0.3 is 10.5 Å². The van der Waals surface area contributed by atoms with Crippen molar-refractivity contribution < 1.29 is 4.74 Å². The van der Waals surface area contributed by atoms with Crippen LogP contribution in [-0.2, 0) is 0 Å². The lowest BCUT2D eigenvalue weighted by molar-refractivity contribution is 0.0205. The summed E-state index contributed by atoms with van der Waals surface area (Å²) in [6.45, 7) is 0. The fourth-order valence-corrected chi connectivity index (χ4v) is 3.13. The number of aromatic nitrogens is 1. The Hall–Kier alpha value is -1.25. The van der Waals surface area contributed by atoms with Crippen LogP contribution in [0.3, 0.4) is 0 Å². The molecule has 3 nitrogen and oxygen atoms in total. The molecule has 1 aromatic heterocycles. The van der Waals surface area contributed by atoms with E-state index in [4.69, 9.17) is 10.5 Å². The van der Waals surface area contributed by atoms with Gasteiger partial charge in [-0.3, -0.25) is 4.98 Å². The minimum atomic E-state index is 0.386. The highest BCUT2D eigenvalue weighted by molar-refractivity contribution is 5.49. The van der Waals surface area contributed by atoms with Gasteiger partial charge in [0.05, 0.1) is 11.9 Å². The normalized spacial score (nSPS) is 32.6. The largest absolute Gasteiger partial charge is 0.488 e. The van der Waals surface area contributed by atoms with Crippen LogP contribution in [0.5, 0.6) is 5.75 Å². The maximum absolute atomic E-state index is 6.06. The molecule has 2 bridgehead atoms. The molecule has 1 atom stereocenters. The number of ether oxygens (including phenoxy) is 1. The second kappa shape index (κ2) is 3.96. The predicted molar refractivity (Wildman–Crippen MR) is 63.1 cm³/mol. The van der Waals surface area contributed by atoms with Gasteiger partial charge in [0.1, 0.15) is 11.9 Å². The van der Waals surface area contributed by atoms with Crippen molar-refractivity contribution in [2.45, 2.75) is 38.2 Å². The van der Waals surface area contributed by atoms with Crippen molar-refractivity contribution >= 4 is 5.69 Å². The molecule has 0 aliphatic heterocycles. The van der Waals surface area contributed by atoms with E-state index in [1.165, 1.54) is 32.1 Å². The molecule has 0 radical (unpaired) electrons. The molecular weight excluding hydrogens is 200 g/mol. The Labute approximate surface area is 96.0 Å². The first kappa shape index (κ1) is 9.94. The molecule has 0 spiro atoms. The van der Waals surface area contributed by atoms with E-state index in [0.717, 1.165) is 17.6 Å². The van der Waals surface area contributed by atoms with Crippen molar-refractivity contribution in [2.24, 2.45) is 11.8 Å². The van der Waals surface area contributed by atoms with Crippen molar-refractivity contribution in [1.29, 1.82) is 0 Å². The summed E-state index contributed by atoms with van der Waals surface area (Å²) in [5.41, 5.74) is 6.50. The van der Waals surface area contributed by atoms with Crippen molar-refractivity contribution in [1.82, 2.24) is 4.98 Å². The van der Waals surface area contributed by atoms with E-state index in [1.54, 1.807) is 12.4 Å². The summed E-state index contributed by atoms with van der Waals surface area (Å²) in [6.07, 6.45) is 10.5. The van der Waals surface area contributed by atoms with Crippen LogP contribution in [0, 0.1) is 11.8 Å². The molecule has 1 heterocycles. The lowest BCUT2D eigenvalue weighted by atomic mass is 9.69. The zero-order chi connectivity index (χ0) is 11.0. The minimum absolute atomic E-state index is 0.386. The molecule has 0 aromatic carbocycles. The van der Waals surface area contributed by atoms with Gasteiger partial charge in [0.2, 0.25) is 0 Å². The second-order valence-corrected chi connectivity index (χ2v) is 5.09. The average molecular weight is 218 g/mol. The van der Waals surface area contributed by atoms with Crippen LogP contribution in [-0.4, -0.2) is 11.1 Å². The summed E-state index contributed by atoms with van der Waals surface area (Å²) >= 11 is 0. The molecule has 0 saturated heterocycles. The summed E-state index contributed by atoms with van der Waals surface area (Å²) in [7, 11) is 0. The first-order valence-corrected chi connectivity index (χ1v) is 6.19. The van der Waals surface area contributed by atoms with Crippen LogP contribution in [0.25, 0.3) is 0 Å². The quantitative estimate of drug-likeness (QED) is 0.830. The Morgan fingerprint density at radius 3 is 2.69 bits per heavy atom. The van der Waals surface area contributed by atoms with Crippen LogP contribution in [0.15, 0.2) is 18.5 Å². The fourth-order valence-electron chi connectivity index (χ4n) is 3.13. The van der Waals surface area contributed by atoms with Gasteiger partial charge in [0.15, 0.2) is 0 Å². The minimum Gasteiger partial charge on any atom is -0.488 e. The van der Waals surface area contributed by atoms with Gasteiger partial charge in [-0.25, -0.2) is 0 Å². The fraction of sp³-hybridized carbons (Fsp3) is 0.615. The molecule has 3 heteroatoms. The monoisotopic (exact) mass is 218 g/mol. The number of anilines is 1. The molecule has 3 aliphatic rings. The highest BCUT2D eigenvalue weighted by Crippen LogP contribution is 2.43. The number of hydrogen-bond acceptors (Lipinski definition) is 3. The van der Waals surface area contributed by atoms with Gasteiger partial charge in [0.25, 0.3) is 0 Å². The van der Waals surface area contributed by atoms with Crippen LogP contribution in [0.2, 0.25) is 0 Å². The maximum atomic E-state index is 6.06. The Morgan fingerprint density at radius 1 is 1.25 bits per heavy atom. The highest BCUT2D eigenvalue weighted by Gasteiger charge is 2.37. The maximum Gasteiger partial charge on any atom is 0.145 e. The standard InChI is InChI=1S/C13H18N2O/c14-11-8-15-6-5-12(11)16-13-7-9-1-3-10(13)4-2-9/h5-6,8-10,13H,1-4,7,14H2/t9?,10?,13-/m1/s1. The third-order valence-corrected chi connectivity index (χ3v) is 4.07. The number of pyridine rings is 1. The van der Waals surface area contributed by atoms with E-state index in [0.29, 0.717) is 11.8 Å². The van der Waals surface area contributed by atoms with E-state index >= 15 is 0 Å². The lowest BCUT2D eigenvalue weighted by Gasteiger charge is -2.42. The Bertz CT molecular complexity index is 372. The van der Waals surface area contributed by atoms with Gasteiger partial charge >= 0.3 is 0 Å². The van der Waals surface area contributed by atoms with Crippen molar-refractivity contribution in [3.05, 3.63) is 18.5 Å². The molecule has 3 saturated carbocycles. The molecular formula is C13H18N2O. The van der Waals surface area contributed by atoms with Crippen LogP contribution < -0.4 is 10.5 Å². The summed E-state index contributed by atoms with van der Waals surface area (Å²) in [5, 5.41) is 0. The smallest absolute Gasteiger partial charge is 0.145 e. The van der Waals surface area contributed by atoms with Crippen molar-refractivity contribution in [2.75, 3.05) is 5.73 Å². The summed E-state index contributed by atoms with van der Waals surface area (Å²) in [4.78, 5) is 3.98. The number of fused-ring (bicyclic) bond motifs is 3. The molecule has 0 unspecified atom stereocenters. The SMILES string of the molecule is Nc1cnccc1O[C@@H]1CC2CCC1CC2. The van der Waals surface area contributed by atoms with Crippen LogP contribution in [0.4, 0.5) is 5.69 Å². The molecule has 86 valence electrons. The first-order valence-electron chi connectivity index (χ1n) is 6.19. The molecule has 3 aliphatic carbocycles. The first-order chi connectivity index (χ1) is 7.83. The third kappa shape index (κ3) is 1.75. The van der Waals surface area contributed by atoms with Crippen molar-refractivity contribution in [3.63, 3.8) is 0 Å². The Morgan fingerprint density at radius 2 is 2.06 bits per heavy atom. The topological polar surface area (TPSA) is 48.1 Å². The van der Waals surface area contributed by atoms with Gasteiger partial charge in [-0.1, -0.05) is 0 Å². The number of rotatable bonds is 2. The Kier molecular flexibility index (Phi) is 2.46. The van der Waals surface area contributed by atoms with Crippen LogP contribution >= 0.6 is 0 Å². The Balaban J connectivity index is 1.73. The highest BCUT2D eigenvalue weighted by atomic mass is 16.5. The average Bonchev–Trinajstić information content (AvgIpc) is 2.34. The summed E-state index contributed by atoms with van der Waals surface area (Å²) < 4.78 is 6.06. The van der Waals surface area contributed by atoms with Gasteiger partial charge in [0, 0.05) is 12.3 Å². The van der Waals surface area contributed by atoms with E-state index in [9.17, 15) is 0 Å². The van der Waals surface area contributed by atoms with Gasteiger partial charge in [-0.2, -0.15) is 0 Å². The number of nitrogens with zero attached hydrogens (tertiary/aromatic N) is 1. The number of nitrogen functional groups attached to an aromatic ring is 1. The summed E-state index contributed by atoms with van der Waals surface area (Å²) in [5.74, 6) is 2.45. The van der Waals surface area contributed by atoms with E-state index < -0.39 is 0 Å². The molecule has 16 heavy (non-hydrogen) atoms. The van der Waals surface area contributed by atoms with E-state index in [-0.39, 0.29) is 0 Å². The molecule has 3 fully saturated rings. The van der Waals surface area contributed by atoms with Gasteiger partial charge in [-0.05, 0) is 43.9 Å². The van der Waals surface area contributed by atoms with Gasteiger partial charge in [-0.15, -0.1) is 0 Å². The summed E-state index contributed by atoms with van der Waals surface area (Å²) in [6, 6.07) is 1.87. The lowest BCUT2D eigenvalue weighted by Crippen LogP contribution is -2.39. The van der Waals surface area contributed by atoms with Crippen LogP contribution in [0.1, 0.15) is 32.1 Å². The molecule has 4 rings (SSSR count). The molecule has 1 aromatic rings. The van der Waals surface area contributed by atoms with E-state index in [2.05, 4.69) is 4.98 Å². The third-order valence-electron chi connectivity index (χ3n) is 4.07. The zero-order valence-electron chi connectivity index (χ0n) is 9.43. The zero-order valence-corrected chi connectivity index (χ0v) is 9.43. The number of nitrogens with two attached hydrogens (primary N) is 1. The molecule has 2 N–H and O–H groups in total. The molecule has 0 amide bonds.